The molecule has 27 heavy (non-hydrogen) atoms. The van der Waals surface area contributed by atoms with Crippen LogP contribution in [0.3, 0.4) is 0 Å². The Hall–Kier alpha value is -2.81. The Labute approximate surface area is 157 Å². The van der Waals surface area contributed by atoms with Crippen LogP contribution >= 0.6 is 0 Å². The molecule has 0 saturated heterocycles. The maximum Gasteiger partial charge on any atom is 0.339 e. The van der Waals surface area contributed by atoms with Crippen molar-refractivity contribution < 1.29 is 27.5 Å². The molecular weight excluding hydrogens is 372 g/mol. The van der Waals surface area contributed by atoms with Crippen LogP contribution < -0.4 is 10.0 Å². The van der Waals surface area contributed by atoms with Gasteiger partial charge in [-0.1, -0.05) is 20.3 Å². The Morgan fingerprint density at radius 1 is 1.11 bits per heavy atom. The van der Waals surface area contributed by atoms with E-state index in [1.165, 1.54) is 30.3 Å². The Balaban J connectivity index is 2.06. The lowest BCUT2D eigenvalue weighted by atomic mass is 10.2. The first-order valence-electron chi connectivity index (χ1n) is 8.53. The summed E-state index contributed by atoms with van der Waals surface area (Å²) >= 11 is 0. The predicted octanol–water partition coefficient (Wildman–Crippen LogP) is 3.33. The van der Waals surface area contributed by atoms with Crippen molar-refractivity contribution in [1.82, 2.24) is 0 Å². The molecule has 0 aliphatic heterocycles. The van der Waals surface area contributed by atoms with Gasteiger partial charge in [0, 0.05) is 23.9 Å². The third kappa shape index (κ3) is 5.58. The molecule has 2 aromatic rings. The van der Waals surface area contributed by atoms with Crippen LogP contribution in [0.5, 0.6) is 0 Å². The molecule has 0 aliphatic rings. The van der Waals surface area contributed by atoms with E-state index in [4.69, 9.17) is 9.52 Å². The van der Waals surface area contributed by atoms with Gasteiger partial charge in [0.05, 0.1) is 5.75 Å². The summed E-state index contributed by atoms with van der Waals surface area (Å²) in [5, 5.41) is 11.7. The maximum atomic E-state index is 12.2. The van der Waals surface area contributed by atoms with Gasteiger partial charge in [0.1, 0.15) is 11.3 Å². The van der Waals surface area contributed by atoms with Crippen LogP contribution in [0.25, 0.3) is 0 Å². The van der Waals surface area contributed by atoms with E-state index >= 15 is 0 Å². The number of carboxylic acid groups (broad SMARTS) is 1. The number of amides is 1. The van der Waals surface area contributed by atoms with Gasteiger partial charge >= 0.3 is 5.97 Å². The van der Waals surface area contributed by atoms with E-state index in [2.05, 4.69) is 10.0 Å². The van der Waals surface area contributed by atoms with Gasteiger partial charge in [-0.25, -0.2) is 13.2 Å². The first-order valence-corrected chi connectivity index (χ1v) is 10.2. The van der Waals surface area contributed by atoms with E-state index in [0.29, 0.717) is 24.2 Å². The van der Waals surface area contributed by atoms with E-state index in [-0.39, 0.29) is 22.8 Å². The number of carbonyl (C=O) groups excluding carboxylic acids is 1. The lowest BCUT2D eigenvalue weighted by Crippen LogP contribution is -2.16. The predicted molar refractivity (Wildman–Crippen MR) is 102 cm³/mol. The molecule has 2 rings (SSSR count). The average molecular weight is 394 g/mol. The van der Waals surface area contributed by atoms with Crippen LogP contribution in [0.4, 0.5) is 11.4 Å². The number of aromatic carboxylic acids is 1. The highest BCUT2D eigenvalue weighted by molar-refractivity contribution is 7.92. The van der Waals surface area contributed by atoms with Gasteiger partial charge in [0.2, 0.25) is 10.0 Å². The highest BCUT2D eigenvalue weighted by Crippen LogP contribution is 2.19. The third-order valence-corrected chi connectivity index (χ3v) is 5.14. The largest absolute Gasteiger partial charge is 0.478 e. The van der Waals surface area contributed by atoms with Crippen LogP contribution in [0, 0.1) is 0 Å². The van der Waals surface area contributed by atoms with Gasteiger partial charge in [-0.15, -0.1) is 0 Å². The normalized spacial score (nSPS) is 11.2. The van der Waals surface area contributed by atoms with Gasteiger partial charge < -0.3 is 14.8 Å². The van der Waals surface area contributed by atoms with E-state index < -0.39 is 21.9 Å². The molecule has 146 valence electrons. The summed E-state index contributed by atoms with van der Waals surface area (Å²) in [6.45, 7) is 3.64. The lowest BCUT2D eigenvalue weighted by molar-refractivity contribution is 0.0694. The van der Waals surface area contributed by atoms with Crippen molar-refractivity contribution in [2.75, 3.05) is 15.8 Å². The highest BCUT2D eigenvalue weighted by Gasteiger charge is 2.20. The first-order chi connectivity index (χ1) is 12.8. The van der Waals surface area contributed by atoms with Gasteiger partial charge in [0.25, 0.3) is 5.91 Å². The molecule has 0 spiro atoms. The summed E-state index contributed by atoms with van der Waals surface area (Å²) in [4.78, 5) is 23.4. The van der Waals surface area contributed by atoms with Crippen LogP contribution in [0.1, 0.15) is 53.4 Å². The fourth-order valence-electron chi connectivity index (χ4n) is 2.36. The molecule has 1 amide bonds. The molecule has 0 fully saturated rings. The van der Waals surface area contributed by atoms with Gasteiger partial charge in [0.15, 0.2) is 5.76 Å². The van der Waals surface area contributed by atoms with E-state index in [1.807, 2.05) is 6.92 Å². The van der Waals surface area contributed by atoms with Crippen molar-refractivity contribution in [1.29, 1.82) is 0 Å². The minimum Gasteiger partial charge on any atom is -0.478 e. The Kier molecular flexibility index (Phi) is 6.62. The second-order valence-electron chi connectivity index (χ2n) is 5.91. The summed E-state index contributed by atoms with van der Waals surface area (Å²) in [7, 11) is -3.40. The summed E-state index contributed by atoms with van der Waals surface area (Å²) in [6.07, 6.45) is 1.70. The van der Waals surface area contributed by atoms with Gasteiger partial charge in [-0.2, -0.15) is 0 Å². The number of sulfonamides is 1. The number of furan rings is 1. The number of carboxylic acids is 1. The molecule has 0 unspecified atom stereocenters. The molecule has 9 heteroatoms. The number of benzene rings is 1. The lowest BCUT2D eigenvalue weighted by Gasteiger charge is -2.09. The zero-order chi connectivity index (χ0) is 20.0. The molecule has 1 heterocycles. The topological polar surface area (TPSA) is 126 Å². The van der Waals surface area contributed by atoms with Crippen molar-refractivity contribution in [2.24, 2.45) is 0 Å². The molecule has 8 nitrogen and oxygen atoms in total. The highest BCUT2D eigenvalue weighted by atomic mass is 32.2. The van der Waals surface area contributed by atoms with Crippen molar-refractivity contribution >= 4 is 33.3 Å². The summed E-state index contributed by atoms with van der Waals surface area (Å²) in [6, 6.07) is 7.32. The number of aryl methyl sites for hydroxylation is 1. The molecule has 3 N–H and O–H groups in total. The SMILES string of the molecule is CCCCS(=O)(=O)Nc1ccc(NC(=O)c2cc(C(=O)O)c(CC)o2)cc1. The fourth-order valence-corrected chi connectivity index (χ4v) is 3.63. The van der Waals surface area contributed by atoms with E-state index in [9.17, 15) is 18.0 Å². The summed E-state index contributed by atoms with van der Waals surface area (Å²) < 4.78 is 31.5. The molecule has 1 aromatic heterocycles. The second kappa shape index (κ2) is 8.72. The molecule has 0 saturated carbocycles. The van der Waals surface area contributed by atoms with Crippen LogP contribution in [0.2, 0.25) is 0 Å². The fraction of sp³-hybridized carbons (Fsp3) is 0.333. The Bertz CT molecular complexity index is 916. The number of hydrogen-bond donors (Lipinski definition) is 3. The quantitative estimate of drug-likeness (QED) is 0.599. The zero-order valence-electron chi connectivity index (χ0n) is 15.1. The average Bonchev–Trinajstić information content (AvgIpc) is 3.06. The number of nitrogens with one attached hydrogen (secondary N) is 2. The van der Waals surface area contributed by atoms with Crippen molar-refractivity contribution in [2.45, 2.75) is 33.1 Å². The van der Waals surface area contributed by atoms with E-state index in [1.54, 1.807) is 6.92 Å². The Morgan fingerprint density at radius 2 is 1.74 bits per heavy atom. The van der Waals surface area contributed by atoms with Crippen molar-refractivity contribution in [3.8, 4) is 0 Å². The number of rotatable bonds is 9. The number of anilines is 2. The third-order valence-electron chi connectivity index (χ3n) is 3.77. The minimum absolute atomic E-state index is 0.0421. The maximum absolute atomic E-state index is 12.2. The first kappa shape index (κ1) is 20.5. The van der Waals surface area contributed by atoms with Crippen molar-refractivity contribution in [3.63, 3.8) is 0 Å². The smallest absolute Gasteiger partial charge is 0.339 e. The van der Waals surface area contributed by atoms with Crippen LogP contribution in [-0.2, 0) is 16.4 Å². The molecule has 0 bridgehead atoms. The minimum atomic E-state index is -3.40. The summed E-state index contributed by atoms with van der Waals surface area (Å²) in [5.74, 6) is -1.58. The van der Waals surface area contributed by atoms with E-state index in [0.717, 1.165) is 6.42 Å². The van der Waals surface area contributed by atoms with Crippen LogP contribution in [0.15, 0.2) is 34.7 Å². The van der Waals surface area contributed by atoms with Gasteiger partial charge in [-0.05, 0) is 30.7 Å². The van der Waals surface area contributed by atoms with Gasteiger partial charge in [-0.3, -0.25) is 9.52 Å². The zero-order valence-corrected chi connectivity index (χ0v) is 15.9. The molecule has 0 radical (unpaired) electrons. The van der Waals surface area contributed by atoms with Crippen molar-refractivity contribution in [3.05, 3.63) is 47.4 Å². The second-order valence-corrected chi connectivity index (χ2v) is 7.75. The molecular formula is C18H22N2O6S. The van der Waals surface area contributed by atoms with Crippen LogP contribution in [-0.4, -0.2) is 31.2 Å². The molecule has 0 atom stereocenters. The monoisotopic (exact) mass is 394 g/mol. The standard InChI is InChI=1S/C18H22N2O6S/c1-3-5-10-27(24,25)20-13-8-6-12(7-9-13)19-17(21)16-11-14(18(22)23)15(4-2)26-16/h6-9,11,20H,3-5,10H2,1-2H3,(H,19,21)(H,22,23). The number of unbranched alkanes of at least 4 members (excludes halogenated alkanes) is 1. The Morgan fingerprint density at radius 3 is 2.26 bits per heavy atom. The molecule has 0 aliphatic carbocycles. The number of carbonyl (C=O) groups is 2. The molecule has 1 aromatic carbocycles. The summed E-state index contributed by atoms with van der Waals surface area (Å²) in [5.41, 5.74) is 0.769. The number of hydrogen-bond acceptors (Lipinski definition) is 5.